The highest BCUT2D eigenvalue weighted by Gasteiger charge is 2.40. The van der Waals surface area contributed by atoms with Crippen LogP contribution in [0.5, 0.6) is 0 Å². The highest BCUT2D eigenvalue weighted by molar-refractivity contribution is 14.1. The van der Waals surface area contributed by atoms with Crippen LogP contribution >= 0.6 is 22.6 Å². The number of carbonyl (C=O) groups is 1. The number of aliphatic hydroxyl groups excluding tert-OH is 1. The number of ether oxygens (including phenoxy) is 1. The average molecular weight is 469 g/mol. The number of β-amino-alcohol motifs (C(OH)–C–C–N with tert-alkyl or cyclic N) is 1. The van der Waals surface area contributed by atoms with E-state index < -0.39 is 26.1 Å². The fourth-order valence-corrected chi connectivity index (χ4v) is 3.61. The molecule has 0 saturated heterocycles. The predicted molar refractivity (Wildman–Crippen MR) is 108 cm³/mol. The summed E-state index contributed by atoms with van der Waals surface area (Å²) in [6.07, 6.45) is 0.832. The number of hydrogen-bond acceptors (Lipinski definition) is 4. The average Bonchev–Trinajstić information content (AvgIpc) is 2.36. The van der Waals surface area contributed by atoms with Gasteiger partial charge in [-0.2, -0.15) is 0 Å². The van der Waals surface area contributed by atoms with Crippen LogP contribution in [0.25, 0.3) is 0 Å². The van der Waals surface area contributed by atoms with E-state index in [1.165, 1.54) is 0 Å². The van der Waals surface area contributed by atoms with Gasteiger partial charge in [0, 0.05) is 3.58 Å². The van der Waals surface area contributed by atoms with Crippen molar-refractivity contribution in [1.29, 1.82) is 0 Å². The summed E-state index contributed by atoms with van der Waals surface area (Å²) in [7, 11) is -1.91. The maximum atomic E-state index is 12.5. The van der Waals surface area contributed by atoms with Crippen molar-refractivity contribution in [2.24, 2.45) is 0 Å². The Morgan fingerprint density at radius 1 is 1.33 bits per heavy atom. The third-order valence-corrected chi connectivity index (χ3v) is 10.1. The molecule has 1 heterocycles. The Balaban J connectivity index is 2.92. The zero-order valence-corrected chi connectivity index (χ0v) is 19.3. The first kappa shape index (κ1) is 21.9. The number of halogens is 1. The molecule has 0 aliphatic carbocycles. The van der Waals surface area contributed by atoms with E-state index in [2.05, 4.69) is 56.5 Å². The van der Waals surface area contributed by atoms with Crippen LogP contribution < -0.4 is 0 Å². The molecule has 1 amide bonds. The number of nitrogens with zero attached hydrogens (tertiary/aromatic N) is 1. The largest absolute Gasteiger partial charge is 0.444 e. The lowest BCUT2D eigenvalue weighted by atomic mass is 10.1. The van der Waals surface area contributed by atoms with E-state index in [-0.39, 0.29) is 17.6 Å². The van der Waals surface area contributed by atoms with Crippen molar-refractivity contribution in [3.63, 3.8) is 0 Å². The summed E-state index contributed by atoms with van der Waals surface area (Å²) in [5.74, 6) is 0. The predicted octanol–water partition coefficient (Wildman–Crippen LogP) is 4.31. The first-order valence-corrected chi connectivity index (χ1v) is 12.3. The zero-order chi connectivity index (χ0) is 18.9. The Labute approximate surface area is 161 Å². The topological polar surface area (TPSA) is 59.0 Å². The second kappa shape index (κ2) is 7.63. The minimum atomic E-state index is -1.91. The van der Waals surface area contributed by atoms with Gasteiger partial charge in [-0.3, -0.25) is 4.90 Å². The van der Waals surface area contributed by atoms with Crippen molar-refractivity contribution in [2.45, 2.75) is 77.4 Å². The van der Waals surface area contributed by atoms with Crippen LogP contribution in [0, 0.1) is 0 Å². The Morgan fingerprint density at radius 2 is 1.88 bits per heavy atom. The molecular formula is C17H32INO4Si. The smallest absolute Gasteiger partial charge is 0.410 e. The fraction of sp³-hybridized carbons (Fsp3) is 0.824. The second-order valence-electron chi connectivity index (χ2n) is 8.84. The summed E-state index contributed by atoms with van der Waals surface area (Å²) in [5, 5.41) is 10.2. The normalized spacial score (nSPS) is 23.1. The van der Waals surface area contributed by atoms with Gasteiger partial charge in [0.15, 0.2) is 8.32 Å². The number of rotatable bonds is 3. The van der Waals surface area contributed by atoms with Crippen molar-refractivity contribution < 1.29 is 19.1 Å². The molecule has 1 aliphatic heterocycles. The van der Waals surface area contributed by atoms with Crippen LogP contribution in [0.1, 0.15) is 41.5 Å². The van der Waals surface area contributed by atoms with E-state index in [0.29, 0.717) is 6.61 Å². The summed E-state index contributed by atoms with van der Waals surface area (Å²) >= 11 is 2.12. The van der Waals surface area contributed by atoms with Gasteiger partial charge in [0.05, 0.1) is 19.2 Å². The molecular weight excluding hydrogens is 437 g/mol. The number of hydrogen-bond donors (Lipinski definition) is 1. The highest BCUT2D eigenvalue weighted by Crippen LogP contribution is 2.37. The van der Waals surface area contributed by atoms with Gasteiger partial charge in [0.25, 0.3) is 0 Å². The summed E-state index contributed by atoms with van der Waals surface area (Å²) < 4.78 is 12.6. The van der Waals surface area contributed by atoms with Crippen LogP contribution in [-0.4, -0.2) is 55.3 Å². The van der Waals surface area contributed by atoms with Gasteiger partial charge >= 0.3 is 6.09 Å². The maximum absolute atomic E-state index is 12.5. The molecule has 140 valence electrons. The van der Waals surface area contributed by atoms with E-state index in [0.717, 1.165) is 3.58 Å². The van der Waals surface area contributed by atoms with Crippen molar-refractivity contribution in [3.05, 3.63) is 9.66 Å². The van der Waals surface area contributed by atoms with E-state index in [4.69, 9.17) is 9.16 Å². The van der Waals surface area contributed by atoms with E-state index >= 15 is 0 Å². The standard InChI is InChI=1S/C17H32INO4Si/c1-16(2,3)23-15(21)19-10-14(20)13(18)9-12(19)11-22-24(7,8)17(4,5)6/h9,12,14,20H,10-11H2,1-8H3/t12?,14-/m1/s1. The van der Waals surface area contributed by atoms with Gasteiger partial charge in [0.2, 0.25) is 0 Å². The number of carbonyl (C=O) groups excluding carboxylic acids is 1. The van der Waals surface area contributed by atoms with Crippen molar-refractivity contribution in [1.82, 2.24) is 4.90 Å². The molecule has 7 heteroatoms. The van der Waals surface area contributed by atoms with Gasteiger partial charge < -0.3 is 14.3 Å². The molecule has 0 bridgehead atoms. The second-order valence-corrected chi connectivity index (χ2v) is 14.9. The van der Waals surface area contributed by atoms with E-state index in [9.17, 15) is 9.90 Å². The summed E-state index contributed by atoms with van der Waals surface area (Å²) in [5.41, 5.74) is -0.568. The quantitative estimate of drug-likeness (QED) is 0.495. The van der Waals surface area contributed by atoms with Crippen LogP contribution in [0.3, 0.4) is 0 Å². The molecule has 5 nitrogen and oxygen atoms in total. The van der Waals surface area contributed by atoms with Crippen molar-refractivity contribution in [2.75, 3.05) is 13.2 Å². The number of aliphatic hydroxyl groups is 1. The Hall–Kier alpha value is -0.123. The first-order valence-electron chi connectivity index (χ1n) is 8.33. The Morgan fingerprint density at radius 3 is 2.33 bits per heavy atom. The molecule has 0 aromatic carbocycles. The lowest BCUT2D eigenvalue weighted by molar-refractivity contribution is 0.00408. The van der Waals surface area contributed by atoms with Crippen LogP contribution in [0.4, 0.5) is 4.79 Å². The van der Waals surface area contributed by atoms with Crippen LogP contribution in [0.15, 0.2) is 9.66 Å². The van der Waals surface area contributed by atoms with Gasteiger partial charge in [-0.05, 0) is 67.6 Å². The van der Waals surface area contributed by atoms with E-state index in [1.54, 1.807) is 4.90 Å². The van der Waals surface area contributed by atoms with Crippen LogP contribution in [0.2, 0.25) is 18.1 Å². The highest BCUT2D eigenvalue weighted by atomic mass is 127. The lowest BCUT2D eigenvalue weighted by Crippen LogP contribution is -2.52. The minimum absolute atomic E-state index is 0.106. The van der Waals surface area contributed by atoms with Gasteiger partial charge in [0.1, 0.15) is 11.7 Å². The van der Waals surface area contributed by atoms with Gasteiger partial charge in [-0.25, -0.2) is 4.79 Å². The van der Waals surface area contributed by atoms with Crippen molar-refractivity contribution >= 4 is 37.0 Å². The van der Waals surface area contributed by atoms with Gasteiger partial charge in [-0.1, -0.05) is 20.8 Å². The third kappa shape index (κ3) is 6.00. The summed E-state index contributed by atoms with van der Waals surface area (Å²) in [6, 6.07) is -0.218. The summed E-state index contributed by atoms with van der Waals surface area (Å²) in [4.78, 5) is 14.1. The molecule has 1 N–H and O–H groups in total. The molecule has 0 saturated carbocycles. The molecule has 2 atom stereocenters. The van der Waals surface area contributed by atoms with Crippen molar-refractivity contribution in [3.8, 4) is 0 Å². The molecule has 0 spiro atoms. The molecule has 0 fully saturated rings. The summed E-state index contributed by atoms with van der Waals surface area (Å²) in [6.45, 7) is 17.1. The monoisotopic (exact) mass is 469 g/mol. The molecule has 1 aliphatic rings. The fourth-order valence-electron chi connectivity index (χ4n) is 1.97. The molecule has 1 rings (SSSR count). The van der Waals surface area contributed by atoms with E-state index in [1.807, 2.05) is 26.8 Å². The SMILES string of the molecule is CC(C)(C)OC(=O)N1C[C@@H](O)C(I)=CC1CO[Si](C)(C)C(C)(C)C. The molecule has 1 unspecified atom stereocenters. The zero-order valence-electron chi connectivity index (χ0n) is 16.1. The molecule has 24 heavy (non-hydrogen) atoms. The van der Waals surface area contributed by atoms with Gasteiger partial charge in [-0.15, -0.1) is 0 Å². The number of amides is 1. The Bertz CT molecular complexity index is 494. The Kier molecular flexibility index (Phi) is 6.97. The first-order chi connectivity index (χ1) is 10.6. The molecule has 0 aromatic rings. The minimum Gasteiger partial charge on any atom is -0.444 e. The third-order valence-electron chi connectivity index (χ3n) is 4.49. The lowest BCUT2D eigenvalue weighted by Gasteiger charge is -2.40. The van der Waals surface area contributed by atoms with Crippen LogP contribution in [-0.2, 0) is 9.16 Å². The maximum Gasteiger partial charge on any atom is 0.410 e. The molecule has 0 radical (unpaired) electrons. The molecule has 0 aromatic heterocycles.